The second-order valence-electron chi connectivity index (χ2n) is 8.64. The van der Waals surface area contributed by atoms with Crippen molar-refractivity contribution in [1.29, 1.82) is 0 Å². The van der Waals surface area contributed by atoms with E-state index in [0.717, 1.165) is 26.1 Å². The van der Waals surface area contributed by atoms with Crippen molar-refractivity contribution in [2.75, 3.05) is 26.2 Å². The third-order valence-electron chi connectivity index (χ3n) is 5.33. The van der Waals surface area contributed by atoms with Crippen molar-refractivity contribution < 1.29 is 37.4 Å². The first kappa shape index (κ1) is 31.2. The van der Waals surface area contributed by atoms with Gasteiger partial charge in [-0.25, -0.2) is 18.0 Å². The highest BCUT2D eigenvalue weighted by atomic mass is 32.2. The van der Waals surface area contributed by atoms with Crippen molar-refractivity contribution in [3.63, 3.8) is 0 Å². The minimum atomic E-state index is -3.60. The zero-order chi connectivity index (χ0) is 27.1. The van der Waals surface area contributed by atoms with Gasteiger partial charge in [-0.05, 0) is 62.7 Å². The van der Waals surface area contributed by atoms with Gasteiger partial charge in [-0.15, -0.1) is 0 Å². The molecule has 1 aromatic carbocycles. The van der Waals surface area contributed by atoms with E-state index in [4.69, 9.17) is 29.0 Å². The van der Waals surface area contributed by atoms with Crippen LogP contribution in [0.15, 0.2) is 50.8 Å². The van der Waals surface area contributed by atoms with Crippen molar-refractivity contribution in [3.8, 4) is 5.75 Å². The molecule has 2 rings (SSSR count). The number of carboxylic acids is 2. The van der Waals surface area contributed by atoms with Gasteiger partial charge >= 0.3 is 11.9 Å². The molecule has 1 aromatic heterocycles. The van der Waals surface area contributed by atoms with E-state index in [9.17, 15) is 8.42 Å². The molecule has 0 saturated heterocycles. The number of nitrogens with zero attached hydrogens (tertiary/aromatic N) is 1. The summed E-state index contributed by atoms with van der Waals surface area (Å²) in [5.41, 5.74) is 0. The lowest BCUT2D eigenvalue weighted by atomic mass is 10.2. The second kappa shape index (κ2) is 16.0. The molecule has 2 N–H and O–H groups in total. The Balaban J connectivity index is 0.000000960. The molecular weight excluding hydrogens is 486 g/mol. The Bertz CT molecular complexity index is 1010. The maximum absolute atomic E-state index is 12.9. The molecule has 0 spiro atoms. The summed E-state index contributed by atoms with van der Waals surface area (Å²) < 4.78 is 37.1. The summed E-state index contributed by atoms with van der Waals surface area (Å²) in [6.07, 6.45) is 7.29. The van der Waals surface area contributed by atoms with Crippen LogP contribution in [0.1, 0.15) is 71.5 Å². The van der Waals surface area contributed by atoms with E-state index in [1.807, 2.05) is 13.8 Å². The van der Waals surface area contributed by atoms with Crippen LogP contribution in [0.4, 0.5) is 0 Å². The summed E-state index contributed by atoms with van der Waals surface area (Å²) in [6.45, 7) is 12.2. The number of hydrogen-bond donors (Lipinski definition) is 2. The number of benzene rings is 1. The molecule has 10 heteroatoms. The van der Waals surface area contributed by atoms with E-state index < -0.39 is 21.8 Å². The summed E-state index contributed by atoms with van der Waals surface area (Å²) in [6, 6.07) is 8.20. The van der Waals surface area contributed by atoms with Crippen LogP contribution in [0, 0.1) is 0 Å². The molecule has 0 saturated carbocycles. The van der Waals surface area contributed by atoms with Gasteiger partial charge < -0.3 is 24.3 Å². The maximum Gasteiger partial charge on any atom is 0.414 e. The van der Waals surface area contributed by atoms with Gasteiger partial charge in [0.1, 0.15) is 16.4 Å². The average molecular weight is 526 g/mol. The smallest absolute Gasteiger partial charge is 0.414 e. The Hall–Kier alpha value is -2.85. The first-order valence-electron chi connectivity index (χ1n) is 12.3. The Morgan fingerprint density at radius 3 is 1.92 bits per heavy atom. The molecule has 1 heterocycles. The third kappa shape index (κ3) is 10.4. The van der Waals surface area contributed by atoms with Gasteiger partial charge in [0.15, 0.2) is 0 Å². The lowest BCUT2D eigenvalue weighted by Gasteiger charge is -2.21. The fourth-order valence-corrected chi connectivity index (χ4v) is 4.90. The SMILES string of the molecule is CCCCN(CCCC)CCCOc1ccc(S(=O)(=O)c2ccoc2C(C)C)cc1.O=C(O)C(=O)O. The zero-order valence-electron chi connectivity index (χ0n) is 21.6. The second-order valence-corrected chi connectivity index (χ2v) is 10.6. The van der Waals surface area contributed by atoms with Crippen LogP contribution >= 0.6 is 0 Å². The van der Waals surface area contributed by atoms with E-state index in [2.05, 4.69) is 18.7 Å². The van der Waals surface area contributed by atoms with Gasteiger partial charge in [-0.1, -0.05) is 40.5 Å². The van der Waals surface area contributed by atoms with Crippen LogP contribution < -0.4 is 4.74 Å². The highest BCUT2D eigenvalue weighted by molar-refractivity contribution is 7.91. The summed E-state index contributed by atoms with van der Waals surface area (Å²) in [7, 11) is -3.60. The lowest BCUT2D eigenvalue weighted by molar-refractivity contribution is -0.159. The molecule has 0 aliphatic rings. The number of aliphatic carboxylic acids is 2. The molecule has 0 aliphatic heterocycles. The summed E-state index contributed by atoms with van der Waals surface area (Å²) >= 11 is 0. The first-order chi connectivity index (χ1) is 17.0. The van der Waals surface area contributed by atoms with Crippen molar-refractivity contribution in [1.82, 2.24) is 4.90 Å². The van der Waals surface area contributed by atoms with E-state index in [1.54, 1.807) is 24.3 Å². The predicted molar refractivity (Wildman–Crippen MR) is 136 cm³/mol. The minimum Gasteiger partial charge on any atom is -0.494 e. The van der Waals surface area contributed by atoms with Crippen LogP contribution in [-0.4, -0.2) is 61.7 Å². The maximum atomic E-state index is 12.9. The molecule has 0 radical (unpaired) electrons. The topological polar surface area (TPSA) is 134 Å². The number of hydrogen-bond acceptors (Lipinski definition) is 7. The van der Waals surface area contributed by atoms with Gasteiger partial charge in [-0.2, -0.15) is 0 Å². The van der Waals surface area contributed by atoms with E-state index in [1.165, 1.54) is 38.0 Å². The number of carboxylic acid groups (broad SMARTS) is 2. The predicted octanol–water partition coefficient (Wildman–Crippen LogP) is 5.06. The molecule has 0 bridgehead atoms. The van der Waals surface area contributed by atoms with Crippen molar-refractivity contribution in [2.45, 2.75) is 75.5 Å². The fourth-order valence-electron chi connectivity index (χ4n) is 3.37. The highest BCUT2D eigenvalue weighted by Crippen LogP contribution is 2.30. The molecule has 0 aliphatic carbocycles. The summed E-state index contributed by atoms with van der Waals surface area (Å²) in [5, 5.41) is 14.8. The van der Waals surface area contributed by atoms with E-state index in [-0.39, 0.29) is 15.7 Å². The highest BCUT2D eigenvalue weighted by Gasteiger charge is 2.25. The van der Waals surface area contributed by atoms with Gasteiger partial charge in [0.2, 0.25) is 9.84 Å². The number of rotatable bonds is 14. The standard InChI is InChI=1S/C24H37NO4S.C2H2O4/c1-5-7-15-25(16-8-6-2)17-9-18-28-21-10-12-22(13-11-21)30(26,27)23-14-19-29-24(23)20(3)4;3-1(4)2(5)6/h10-14,19-20H,5-9,15-18H2,1-4H3;(H,3,4)(H,5,6). The number of sulfone groups is 1. The van der Waals surface area contributed by atoms with Crippen LogP contribution in [0.25, 0.3) is 0 Å². The largest absolute Gasteiger partial charge is 0.494 e. The minimum absolute atomic E-state index is 0.00148. The third-order valence-corrected chi connectivity index (χ3v) is 7.14. The van der Waals surface area contributed by atoms with Crippen molar-refractivity contribution in [2.24, 2.45) is 0 Å². The molecule has 0 atom stereocenters. The number of carbonyl (C=O) groups is 2. The van der Waals surface area contributed by atoms with E-state index >= 15 is 0 Å². The number of furan rings is 1. The molecule has 0 unspecified atom stereocenters. The molecule has 2 aromatic rings. The molecule has 9 nitrogen and oxygen atoms in total. The van der Waals surface area contributed by atoms with Gasteiger partial charge in [-0.3, -0.25) is 0 Å². The first-order valence-corrected chi connectivity index (χ1v) is 13.8. The van der Waals surface area contributed by atoms with E-state index in [0.29, 0.717) is 18.1 Å². The molecule has 36 heavy (non-hydrogen) atoms. The Morgan fingerprint density at radius 1 is 0.917 bits per heavy atom. The van der Waals surface area contributed by atoms with Gasteiger partial charge in [0.05, 0.1) is 17.8 Å². The summed E-state index contributed by atoms with van der Waals surface area (Å²) in [4.78, 5) is 21.2. The van der Waals surface area contributed by atoms with Gasteiger partial charge in [0.25, 0.3) is 0 Å². The van der Waals surface area contributed by atoms with Crippen LogP contribution in [-0.2, 0) is 19.4 Å². The number of ether oxygens (including phenoxy) is 1. The van der Waals surface area contributed by atoms with Crippen LogP contribution in [0.2, 0.25) is 0 Å². The Kier molecular flexibility index (Phi) is 13.9. The quantitative estimate of drug-likeness (QED) is 0.256. The molecule has 202 valence electrons. The zero-order valence-corrected chi connectivity index (χ0v) is 22.4. The lowest BCUT2D eigenvalue weighted by Crippen LogP contribution is -2.28. The Morgan fingerprint density at radius 2 is 1.44 bits per heavy atom. The van der Waals surface area contributed by atoms with Crippen molar-refractivity contribution in [3.05, 3.63) is 42.4 Å². The monoisotopic (exact) mass is 525 g/mol. The van der Waals surface area contributed by atoms with Crippen LogP contribution in [0.3, 0.4) is 0 Å². The van der Waals surface area contributed by atoms with Crippen molar-refractivity contribution >= 4 is 21.8 Å². The molecular formula is C26H39NO8S. The molecule has 0 amide bonds. The Labute approximate surface area is 214 Å². The van der Waals surface area contributed by atoms with Gasteiger partial charge in [0, 0.05) is 12.5 Å². The average Bonchev–Trinajstić information content (AvgIpc) is 3.35. The van der Waals surface area contributed by atoms with Crippen LogP contribution in [0.5, 0.6) is 5.75 Å². The number of unbranched alkanes of at least 4 members (excludes halogenated alkanes) is 2. The fraction of sp³-hybridized carbons (Fsp3) is 0.538. The summed E-state index contributed by atoms with van der Waals surface area (Å²) in [5.74, 6) is -2.46. The normalized spacial score (nSPS) is 11.3. The molecule has 0 fully saturated rings.